The van der Waals surface area contributed by atoms with Gasteiger partial charge in [0.15, 0.2) is 5.69 Å². The van der Waals surface area contributed by atoms with E-state index in [1.165, 1.54) is 0 Å². The Morgan fingerprint density at radius 3 is 2.89 bits per heavy atom. The van der Waals surface area contributed by atoms with E-state index in [4.69, 9.17) is 19.3 Å². The fourth-order valence-corrected chi connectivity index (χ4v) is 5.85. The lowest BCUT2D eigenvalue weighted by atomic mass is 9.95. The second-order valence-electron chi connectivity index (χ2n) is 10.2. The van der Waals surface area contributed by atoms with Gasteiger partial charge in [-0.15, -0.1) is 0 Å². The average Bonchev–Trinajstić information content (AvgIpc) is 3.49. The van der Waals surface area contributed by atoms with Gasteiger partial charge in [-0.25, -0.2) is 4.68 Å². The van der Waals surface area contributed by atoms with Crippen molar-refractivity contribution in [1.82, 2.24) is 15.1 Å². The third-order valence-corrected chi connectivity index (χ3v) is 8.09. The summed E-state index contributed by atoms with van der Waals surface area (Å²) < 4.78 is 19.2. The summed E-state index contributed by atoms with van der Waals surface area (Å²) in [7, 11) is 1.69. The minimum absolute atomic E-state index is 0.211. The Kier molecular flexibility index (Phi) is 6.16. The molecule has 7 nitrogen and oxygen atoms in total. The van der Waals surface area contributed by atoms with E-state index >= 15 is 0 Å². The molecule has 1 saturated heterocycles. The Bertz CT molecular complexity index is 1400. The van der Waals surface area contributed by atoms with Crippen molar-refractivity contribution in [1.29, 1.82) is 0 Å². The maximum absolute atomic E-state index is 13.4. The minimum Gasteiger partial charge on any atom is -0.496 e. The number of nitrogens with zero attached hydrogens (tertiary/aromatic N) is 2. The topological polar surface area (TPSA) is 74.6 Å². The molecule has 1 N–H and O–H groups in total. The van der Waals surface area contributed by atoms with Crippen LogP contribution >= 0.6 is 11.3 Å². The lowest BCUT2D eigenvalue weighted by Crippen LogP contribution is -2.60. The van der Waals surface area contributed by atoms with Gasteiger partial charge in [-0.1, -0.05) is 25.2 Å². The van der Waals surface area contributed by atoms with Crippen LogP contribution in [-0.2, 0) is 11.3 Å². The van der Waals surface area contributed by atoms with Crippen LogP contribution in [0.5, 0.6) is 11.5 Å². The Morgan fingerprint density at radius 2 is 2.19 bits per heavy atom. The van der Waals surface area contributed by atoms with Crippen molar-refractivity contribution in [3.8, 4) is 28.4 Å². The predicted octanol–water partition coefficient (Wildman–Crippen LogP) is 5.78. The molecule has 1 amide bonds. The fraction of sp³-hybridized carbons (Fsp3) is 0.379. The van der Waals surface area contributed by atoms with Crippen molar-refractivity contribution >= 4 is 22.8 Å². The summed E-state index contributed by atoms with van der Waals surface area (Å²) in [5.74, 6) is 1.86. The number of rotatable bonds is 6. The van der Waals surface area contributed by atoms with Gasteiger partial charge in [-0.3, -0.25) is 4.79 Å². The zero-order valence-corrected chi connectivity index (χ0v) is 22.2. The monoisotopic (exact) mass is 517 g/mol. The van der Waals surface area contributed by atoms with E-state index in [9.17, 15) is 4.79 Å². The highest BCUT2D eigenvalue weighted by atomic mass is 32.1. The highest BCUT2D eigenvalue weighted by Gasteiger charge is 2.38. The highest BCUT2D eigenvalue weighted by molar-refractivity contribution is 7.08. The molecule has 0 saturated carbocycles. The van der Waals surface area contributed by atoms with E-state index in [-0.39, 0.29) is 18.1 Å². The number of fused-ring (bicyclic) bond motifs is 3. The lowest BCUT2D eigenvalue weighted by molar-refractivity contribution is -0.0594. The fourth-order valence-electron chi connectivity index (χ4n) is 5.23. The number of nitrogens with one attached hydrogen (secondary N) is 1. The molecule has 1 fully saturated rings. The predicted molar refractivity (Wildman–Crippen MR) is 145 cm³/mol. The smallest absolute Gasteiger partial charge is 0.272 e. The van der Waals surface area contributed by atoms with E-state index in [1.807, 2.05) is 34.5 Å². The molecule has 6 rings (SSSR count). The average molecular weight is 518 g/mol. The molecule has 1 aromatic carbocycles. The molecule has 0 bridgehead atoms. The Morgan fingerprint density at radius 1 is 1.32 bits per heavy atom. The van der Waals surface area contributed by atoms with Crippen LogP contribution in [0, 0.1) is 5.92 Å². The number of carbonyl (C=O) groups excluding carboxylic acids is 1. The van der Waals surface area contributed by atoms with Crippen molar-refractivity contribution in [3.63, 3.8) is 0 Å². The summed E-state index contributed by atoms with van der Waals surface area (Å²) in [6.07, 6.45) is 10.1. The number of ether oxygens (including phenoxy) is 3. The van der Waals surface area contributed by atoms with Crippen LogP contribution in [0.1, 0.15) is 54.7 Å². The normalized spacial score (nSPS) is 19.5. The summed E-state index contributed by atoms with van der Waals surface area (Å²) in [6.45, 7) is 5.46. The molecular weight excluding hydrogens is 486 g/mol. The number of methoxy groups -OCH3 is 1. The van der Waals surface area contributed by atoms with Crippen LogP contribution in [0.3, 0.4) is 0 Å². The van der Waals surface area contributed by atoms with Crippen LogP contribution in [0.2, 0.25) is 0 Å². The first-order valence-electron chi connectivity index (χ1n) is 12.8. The molecule has 0 radical (unpaired) electrons. The highest BCUT2D eigenvalue weighted by Crippen LogP contribution is 2.45. The third-order valence-electron chi connectivity index (χ3n) is 7.42. The summed E-state index contributed by atoms with van der Waals surface area (Å²) in [4.78, 5) is 13.4. The van der Waals surface area contributed by atoms with Crippen LogP contribution in [0.4, 0.5) is 0 Å². The largest absolute Gasteiger partial charge is 0.496 e. The van der Waals surface area contributed by atoms with E-state index in [1.54, 1.807) is 18.4 Å². The van der Waals surface area contributed by atoms with Gasteiger partial charge in [0.05, 0.1) is 37.2 Å². The minimum atomic E-state index is -0.376. The number of hydrogen-bond donors (Lipinski definition) is 1. The molecule has 8 heteroatoms. The molecule has 1 aliphatic carbocycles. The van der Waals surface area contributed by atoms with Gasteiger partial charge in [-0.2, -0.15) is 16.4 Å². The van der Waals surface area contributed by atoms with Gasteiger partial charge < -0.3 is 19.5 Å². The molecule has 2 aliphatic heterocycles. The second kappa shape index (κ2) is 9.50. The summed E-state index contributed by atoms with van der Waals surface area (Å²) in [5.41, 5.74) is 5.65. The molecule has 2 aromatic heterocycles. The zero-order valence-electron chi connectivity index (χ0n) is 21.4. The first-order valence-corrected chi connectivity index (χ1v) is 13.7. The Labute approximate surface area is 220 Å². The zero-order chi connectivity index (χ0) is 25.6. The number of amides is 1. The molecule has 3 aliphatic rings. The Balaban J connectivity index is 1.49. The number of carbonyl (C=O) groups is 1. The van der Waals surface area contributed by atoms with Crippen LogP contribution in [0.15, 0.2) is 47.2 Å². The molecule has 0 spiro atoms. The van der Waals surface area contributed by atoms with Crippen molar-refractivity contribution in [2.45, 2.75) is 45.3 Å². The first kappa shape index (κ1) is 24.0. The van der Waals surface area contributed by atoms with Crippen molar-refractivity contribution < 1.29 is 19.0 Å². The SMILES string of the molecule is CCC1C=CC(c2cc3c(cc2OC)OCc2c(C(=O)NC4(C)COC4)nn(-c4ccsc4)c2-3)=CCC1. The summed E-state index contributed by atoms with van der Waals surface area (Å²) in [6, 6.07) is 6.10. The Hall–Kier alpha value is -3.36. The quantitative estimate of drug-likeness (QED) is 0.449. The van der Waals surface area contributed by atoms with Crippen molar-refractivity contribution in [3.05, 3.63) is 64.0 Å². The van der Waals surface area contributed by atoms with Gasteiger partial charge in [0.25, 0.3) is 5.91 Å². The molecule has 1 unspecified atom stereocenters. The van der Waals surface area contributed by atoms with Gasteiger partial charge in [0.2, 0.25) is 0 Å². The number of hydrogen-bond acceptors (Lipinski definition) is 6. The number of allylic oxidation sites excluding steroid dienone is 4. The number of thiophene rings is 1. The molecule has 192 valence electrons. The van der Waals surface area contributed by atoms with Crippen molar-refractivity contribution in [2.75, 3.05) is 20.3 Å². The van der Waals surface area contributed by atoms with Crippen LogP contribution < -0.4 is 14.8 Å². The van der Waals surface area contributed by atoms with Gasteiger partial charge in [-0.05, 0) is 55.2 Å². The van der Waals surface area contributed by atoms with Crippen LogP contribution in [-0.4, -0.2) is 41.6 Å². The molecule has 4 heterocycles. The standard InChI is InChI=1S/C29H31N3O4S/c1-4-18-6-5-7-19(9-8-18)21-12-22-25(13-24(21)34-3)36-14-23-26(28(33)30-29(2)16-35-17-29)31-32(27(22)23)20-10-11-37-15-20/h7-13,15,18H,4-6,14,16-17H2,1-3H3,(H,30,33). The molecule has 1 atom stereocenters. The van der Waals surface area contributed by atoms with E-state index in [2.05, 4.69) is 36.5 Å². The number of benzene rings is 1. The maximum Gasteiger partial charge on any atom is 0.272 e. The molecular formula is C29H31N3O4S. The first-order chi connectivity index (χ1) is 18.0. The van der Waals surface area contributed by atoms with Gasteiger partial charge in [0.1, 0.15) is 18.1 Å². The van der Waals surface area contributed by atoms with E-state index < -0.39 is 0 Å². The van der Waals surface area contributed by atoms with E-state index in [0.29, 0.717) is 24.8 Å². The van der Waals surface area contributed by atoms with Crippen LogP contribution in [0.25, 0.3) is 22.5 Å². The van der Waals surface area contributed by atoms with Gasteiger partial charge >= 0.3 is 0 Å². The maximum atomic E-state index is 13.4. The summed E-state index contributed by atoms with van der Waals surface area (Å²) in [5, 5.41) is 12.0. The van der Waals surface area contributed by atoms with E-state index in [0.717, 1.165) is 64.4 Å². The molecule has 37 heavy (non-hydrogen) atoms. The number of aromatic nitrogens is 2. The second-order valence-corrected chi connectivity index (χ2v) is 11.0. The lowest BCUT2D eigenvalue weighted by Gasteiger charge is -2.38. The summed E-state index contributed by atoms with van der Waals surface area (Å²) >= 11 is 1.60. The molecule has 3 aromatic rings. The third kappa shape index (κ3) is 4.28. The van der Waals surface area contributed by atoms with Crippen molar-refractivity contribution in [2.24, 2.45) is 5.92 Å². The van der Waals surface area contributed by atoms with Gasteiger partial charge in [0, 0.05) is 28.1 Å².